The standard InChI is InChI=1S/C22H30N2O5/c1-3-4-5-17-14-21(26)29-22-16(2)19(7-6-18(17)22)28-15-20(25)23-8-9-24-10-12-27-13-11-24/h6-7,14H,3-5,8-13,15H2,1-2H3,(H,23,25)/p+1. The molecule has 0 radical (unpaired) electrons. The van der Waals surface area contributed by atoms with Gasteiger partial charge in [0.1, 0.15) is 24.4 Å². The van der Waals surface area contributed by atoms with Crippen LogP contribution in [0.25, 0.3) is 11.0 Å². The number of carbonyl (C=O) groups excluding carboxylic acids is 1. The van der Waals surface area contributed by atoms with Gasteiger partial charge >= 0.3 is 5.63 Å². The summed E-state index contributed by atoms with van der Waals surface area (Å²) in [6, 6.07) is 5.32. The maximum atomic E-state index is 12.1. The Morgan fingerprint density at radius 2 is 2.07 bits per heavy atom. The Morgan fingerprint density at radius 3 is 2.83 bits per heavy atom. The van der Waals surface area contributed by atoms with Gasteiger partial charge in [-0.1, -0.05) is 13.3 Å². The monoisotopic (exact) mass is 403 g/mol. The lowest BCUT2D eigenvalue weighted by Crippen LogP contribution is -3.14. The van der Waals surface area contributed by atoms with Crippen LogP contribution in [0.4, 0.5) is 0 Å². The Morgan fingerprint density at radius 1 is 1.28 bits per heavy atom. The maximum Gasteiger partial charge on any atom is 0.336 e. The molecule has 29 heavy (non-hydrogen) atoms. The van der Waals surface area contributed by atoms with Gasteiger partial charge in [0.05, 0.1) is 26.3 Å². The lowest BCUT2D eigenvalue weighted by Gasteiger charge is -2.23. The van der Waals surface area contributed by atoms with Crippen molar-refractivity contribution in [3.8, 4) is 5.75 Å². The van der Waals surface area contributed by atoms with Crippen molar-refractivity contribution in [2.45, 2.75) is 33.1 Å². The predicted octanol–water partition coefficient (Wildman–Crippen LogP) is 0.854. The van der Waals surface area contributed by atoms with Crippen LogP contribution in [0, 0.1) is 6.92 Å². The number of amides is 1. The highest BCUT2D eigenvalue weighted by Crippen LogP contribution is 2.29. The van der Waals surface area contributed by atoms with Crippen LogP contribution in [-0.2, 0) is 16.0 Å². The van der Waals surface area contributed by atoms with Crippen LogP contribution in [0.2, 0.25) is 0 Å². The summed E-state index contributed by atoms with van der Waals surface area (Å²) < 4.78 is 16.5. The van der Waals surface area contributed by atoms with Gasteiger partial charge in [-0.3, -0.25) is 4.79 Å². The molecule has 2 aromatic rings. The number of rotatable bonds is 9. The highest BCUT2D eigenvalue weighted by molar-refractivity contribution is 5.85. The lowest BCUT2D eigenvalue weighted by atomic mass is 10.0. The smallest absolute Gasteiger partial charge is 0.336 e. The zero-order chi connectivity index (χ0) is 20.6. The molecule has 7 nitrogen and oxygen atoms in total. The summed E-state index contributed by atoms with van der Waals surface area (Å²) >= 11 is 0. The van der Waals surface area contributed by atoms with Gasteiger partial charge in [-0.15, -0.1) is 0 Å². The molecule has 1 saturated heterocycles. The van der Waals surface area contributed by atoms with E-state index in [0.717, 1.165) is 68.6 Å². The van der Waals surface area contributed by atoms with Gasteiger partial charge in [0.15, 0.2) is 6.61 Å². The predicted molar refractivity (Wildman–Crippen MR) is 111 cm³/mol. The summed E-state index contributed by atoms with van der Waals surface area (Å²) in [5, 5.41) is 3.83. The van der Waals surface area contributed by atoms with E-state index in [4.69, 9.17) is 13.9 Å². The van der Waals surface area contributed by atoms with Crippen molar-refractivity contribution in [3.63, 3.8) is 0 Å². The van der Waals surface area contributed by atoms with Crippen molar-refractivity contribution in [2.75, 3.05) is 46.0 Å². The lowest BCUT2D eigenvalue weighted by molar-refractivity contribution is -0.906. The highest BCUT2D eigenvalue weighted by Gasteiger charge is 2.15. The Balaban J connectivity index is 1.59. The normalized spacial score (nSPS) is 14.8. The number of carbonyl (C=O) groups is 1. The molecule has 3 rings (SSSR count). The van der Waals surface area contributed by atoms with Crippen molar-refractivity contribution >= 4 is 16.9 Å². The minimum Gasteiger partial charge on any atom is -0.483 e. The van der Waals surface area contributed by atoms with Gasteiger partial charge in [0.25, 0.3) is 5.91 Å². The average molecular weight is 403 g/mol. The fourth-order valence-corrected chi connectivity index (χ4v) is 3.62. The summed E-state index contributed by atoms with van der Waals surface area (Å²) in [7, 11) is 0. The number of benzene rings is 1. The molecule has 158 valence electrons. The van der Waals surface area contributed by atoms with Gasteiger partial charge in [-0.05, 0) is 37.5 Å². The Bertz CT molecular complexity index is 887. The van der Waals surface area contributed by atoms with Gasteiger partial charge in [0, 0.05) is 17.0 Å². The third kappa shape index (κ3) is 5.81. The van der Waals surface area contributed by atoms with E-state index in [2.05, 4.69) is 12.2 Å². The number of unbranched alkanes of at least 4 members (excludes halogenated alkanes) is 1. The van der Waals surface area contributed by atoms with Crippen LogP contribution in [0.1, 0.15) is 30.9 Å². The number of hydrogen-bond acceptors (Lipinski definition) is 5. The fourth-order valence-electron chi connectivity index (χ4n) is 3.62. The molecule has 0 aliphatic carbocycles. The van der Waals surface area contributed by atoms with Gasteiger partial charge in [0.2, 0.25) is 0 Å². The Kier molecular flexibility index (Phi) is 7.66. The van der Waals surface area contributed by atoms with Crippen molar-refractivity contribution in [1.29, 1.82) is 0 Å². The second-order valence-corrected chi connectivity index (χ2v) is 7.51. The first-order chi connectivity index (χ1) is 14.1. The topological polar surface area (TPSA) is 82.2 Å². The molecule has 1 aromatic heterocycles. The largest absolute Gasteiger partial charge is 0.483 e. The summed E-state index contributed by atoms with van der Waals surface area (Å²) in [5.41, 5.74) is 1.92. The number of aryl methyl sites for hydroxylation is 2. The van der Waals surface area contributed by atoms with Crippen molar-refractivity contribution in [2.24, 2.45) is 0 Å². The Hall–Kier alpha value is -2.38. The molecule has 1 aliphatic rings. The second kappa shape index (κ2) is 10.4. The third-order valence-corrected chi connectivity index (χ3v) is 5.36. The first-order valence-electron chi connectivity index (χ1n) is 10.5. The zero-order valence-corrected chi connectivity index (χ0v) is 17.3. The van der Waals surface area contributed by atoms with E-state index in [1.165, 1.54) is 4.90 Å². The van der Waals surface area contributed by atoms with E-state index in [1.807, 2.05) is 19.1 Å². The summed E-state index contributed by atoms with van der Waals surface area (Å²) in [6.45, 7) is 8.93. The Labute approximate surface area is 171 Å². The molecular formula is C22H31N2O5+. The van der Waals surface area contributed by atoms with Crippen LogP contribution in [0.3, 0.4) is 0 Å². The molecular weight excluding hydrogens is 372 g/mol. The molecule has 0 bridgehead atoms. The fraction of sp³-hybridized carbons (Fsp3) is 0.545. The SMILES string of the molecule is CCCCc1cc(=O)oc2c(C)c(OCC(=O)NCC[NH+]3CCOCC3)ccc12. The number of morpholine rings is 1. The molecule has 0 saturated carbocycles. The number of fused-ring (bicyclic) bond motifs is 1. The molecule has 1 amide bonds. The van der Waals surface area contributed by atoms with Crippen LogP contribution < -0.4 is 20.6 Å². The summed E-state index contributed by atoms with van der Waals surface area (Å²) in [6.07, 6.45) is 2.91. The van der Waals surface area contributed by atoms with Crippen molar-refractivity contribution in [3.05, 3.63) is 39.7 Å². The molecule has 7 heteroatoms. The molecule has 1 aliphatic heterocycles. The van der Waals surface area contributed by atoms with E-state index < -0.39 is 0 Å². The number of nitrogens with one attached hydrogen (secondary N) is 2. The van der Waals surface area contributed by atoms with Gasteiger partial charge in [-0.2, -0.15) is 0 Å². The van der Waals surface area contributed by atoms with E-state index in [-0.39, 0.29) is 18.1 Å². The van der Waals surface area contributed by atoms with Crippen LogP contribution in [-0.4, -0.2) is 51.9 Å². The number of hydrogen-bond donors (Lipinski definition) is 2. The highest BCUT2D eigenvalue weighted by atomic mass is 16.5. The minimum absolute atomic E-state index is 0.0649. The zero-order valence-electron chi connectivity index (χ0n) is 17.3. The van der Waals surface area contributed by atoms with Crippen molar-refractivity contribution < 1.29 is 23.6 Å². The minimum atomic E-state index is -0.354. The molecule has 0 atom stereocenters. The number of quaternary nitrogens is 1. The van der Waals surface area contributed by atoms with E-state index in [9.17, 15) is 9.59 Å². The second-order valence-electron chi connectivity index (χ2n) is 7.51. The average Bonchev–Trinajstić information content (AvgIpc) is 2.72. The van der Waals surface area contributed by atoms with Gasteiger partial charge in [-0.25, -0.2) is 4.79 Å². The van der Waals surface area contributed by atoms with E-state index in [0.29, 0.717) is 17.9 Å². The number of ether oxygens (including phenoxy) is 2. The summed E-state index contributed by atoms with van der Waals surface area (Å²) in [5.74, 6) is 0.401. The molecule has 0 unspecified atom stereocenters. The molecule has 2 N–H and O–H groups in total. The first-order valence-corrected chi connectivity index (χ1v) is 10.5. The van der Waals surface area contributed by atoms with Gasteiger partial charge < -0.3 is 24.1 Å². The van der Waals surface area contributed by atoms with Crippen LogP contribution in [0.15, 0.2) is 27.4 Å². The molecule has 1 fully saturated rings. The summed E-state index contributed by atoms with van der Waals surface area (Å²) in [4.78, 5) is 25.5. The van der Waals surface area contributed by atoms with E-state index in [1.54, 1.807) is 6.07 Å². The molecule has 0 spiro atoms. The van der Waals surface area contributed by atoms with Crippen LogP contribution >= 0.6 is 0 Å². The molecule has 2 heterocycles. The maximum absolute atomic E-state index is 12.1. The van der Waals surface area contributed by atoms with Crippen molar-refractivity contribution in [1.82, 2.24) is 5.32 Å². The first kappa shape index (κ1) is 21.3. The van der Waals surface area contributed by atoms with E-state index >= 15 is 0 Å². The quantitative estimate of drug-likeness (QED) is 0.607. The third-order valence-electron chi connectivity index (χ3n) is 5.36. The van der Waals surface area contributed by atoms with Crippen LogP contribution in [0.5, 0.6) is 5.75 Å². The molecule has 1 aromatic carbocycles.